The normalized spacial score (nSPS) is 16.5. The van der Waals surface area contributed by atoms with Crippen LogP contribution in [0.2, 0.25) is 0 Å². The Labute approximate surface area is 143 Å². The molecule has 24 heavy (non-hydrogen) atoms. The summed E-state index contributed by atoms with van der Waals surface area (Å²) in [7, 11) is 0. The van der Waals surface area contributed by atoms with Gasteiger partial charge in [0, 0.05) is 6.54 Å². The van der Waals surface area contributed by atoms with Gasteiger partial charge in [0.1, 0.15) is 0 Å². The molecule has 1 aromatic rings. The number of rotatable bonds is 6. The van der Waals surface area contributed by atoms with E-state index < -0.39 is 0 Å². The number of piperazine rings is 1. The van der Waals surface area contributed by atoms with Gasteiger partial charge < -0.3 is 15.0 Å². The predicted molar refractivity (Wildman–Crippen MR) is 92.0 cm³/mol. The summed E-state index contributed by atoms with van der Waals surface area (Å²) in [5.41, 5.74) is 1.23. The van der Waals surface area contributed by atoms with E-state index in [9.17, 15) is 9.59 Å². The van der Waals surface area contributed by atoms with E-state index in [2.05, 4.69) is 24.4 Å². The first-order valence-electron chi connectivity index (χ1n) is 8.67. The van der Waals surface area contributed by atoms with Gasteiger partial charge in [-0.05, 0) is 18.4 Å². The van der Waals surface area contributed by atoms with Gasteiger partial charge in [-0.15, -0.1) is 0 Å². The van der Waals surface area contributed by atoms with Crippen LogP contribution in [0.1, 0.15) is 25.3 Å². The minimum atomic E-state index is -0.252. The Morgan fingerprint density at radius 1 is 1.25 bits per heavy atom. The van der Waals surface area contributed by atoms with E-state index >= 15 is 0 Å². The Morgan fingerprint density at radius 2 is 1.92 bits per heavy atom. The number of ether oxygens (including phenoxy) is 1. The lowest BCUT2D eigenvalue weighted by molar-refractivity contribution is -0.896. The van der Waals surface area contributed by atoms with Crippen LogP contribution in [0.5, 0.6) is 0 Å². The highest BCUT2D eigenvalue weighted by atomic mass is 16.6. The van der Waals surface area contributed by atoms with Crippen LogP contribution in [0.15, 0.2) is 30.3 Å². The highest BCUT2D eigenvalue weighted by Gasteiger charge is 2.25. The Balaban J connectivity index is 1.67. The van der Waals surface area contributed by atoms with E-state index in [0.29, 0.717) is 38.7 Å². The molecule has 0 unspecified atom stereocenters. The van der Waals surface area contributed by atoms with Gasteiger partial charge in [0.15, 0.2) is 6.54 Å². The zero-order valence-corrected chi connectivity index (χ0v) is 14.6. The molecule has 6 heteroatoms. The van der Waals surface area contributed by atoms with E-state index in [4.69, 9.17) is 4.74 Å². The summed E-state index contributed by atoms with van der Waals surface area (Å²) < 4.78 is 5.00. The Bertz CT molecular complexity index is 528. The van der Waals surface area contributed by atoms with Gasteiger partial charge in [0.05, 0.1) is 32.8 Å². The first-order valence-corrected chi connectivity index (χ1v) is 8.67. The Hall–Kier alpha value is -2.08. The molecule has 1 heterocycles. The van der Waals surface area contributed by atoms with Crippen molar-refractivity contribution >= 4 is 12.0 Å². The molecule has 0 spiro atoms. The van der Waals surface area contributed by atoms with Gasteiger partial charge in [-0.25, -0.2) is 4.79 Å². The summed E-state index contributed by atoms with van der Waals surface area (Å²) in [4.78, 5) is 26.7. The lowest BCUT2D eigenvalue weighted by Gasteiger charge is -2.31. The van der Waals surface area contributed by atoms with Gasteiger partial charge in [-0.1, -0.05) is 37.3 Å². The zero-order valence-electron chi connectivity index (χ0n) is 14.6. The number of hydrogen-bond acceptors (Lipinski definition) is 3. The van der Waals surface area contributed by atoms with E-state index in [1.54, 1.807) is 11.8 Å². The van der Waals surface area contributed by atoms with E-state index in [0.717, 1.165) is 13.1 Å². The van der Waals surface area contributed by atoms with Crippen LogP contribution in [0.3, 0.4) is 0 Å². The van der Waals surface area contributed by atoms with Crippen molar-refractivity contribution in [2.45, 2.75) is 19.8 Å². The minimum Gasteiger partial charge on any atom is -0.450 e. The number of nitrogens with zero attached hydrogens (tertiary/aromatic N) is 1. The number of hydrogen-bond donors (Lipinski definition) is 2. The highest BCUT2D eigenvalue weighted by Crippen LogP contribution is 2.12. The van der Waals surface area contributed by atoms with E-state index in [1.807, 2.05) is 18.2 Å². The first-order chi connectivity index (χ1) is 11.6. The van der Waals surface area contributed by atoms with Gasteiger partial charge in [-0.3, -0.25) is 9.69 Å². The fourth-order valence-corrected chi connectivity index (χ4v) is 2.85. The van der Waals surface area contributed by atoms with E-state index in [1.165, 1.54) is 10.5 Å². The molecule has 132 valence electrons. The smallest absolute Gasteiger partial charge is 0.410 e. The SMILES string of the molecule is CCOC(=O)N1CC[NH+](CC(=O)NC[C@H](C)c2ccccc2)CC1. The molecular formula is C18H28N3O3+. The molecule has 1 atom stereocenters. The number of carbonyl (C=O) groups excluding carboxylic acids is 2. The summed E-state index contributed by atoms with van der Waals surface area (Å²) in [5.74, 6) is 0.364. The monoisotopic (exact) mass is 334 g/mol. The topological polar surface area (TPSA) is 63.1 Å². The van der Waals surface area contributed by atoms with Crippen molar-refractivity contribution in [1.82, 2.24) is 10.2 Å². The molecule has 1 aliphatic heterocycles. The van der Waals surface area contributed by atoms with Crippen LogP contribution < -0.4 is 10.2 Å². The molecule has 0 saturated carbocycles. The van der Waals surface area contributed by atoms with Gasteiger partial charge in [0.2, 0.25) is 0 Å². The average Bonchev–Trinajstić information content (AvgIpc) is 2.61. The van der Waals surface area contributed by atoms with Crippen LogP contribution in [-0.4, -0.2) is 62.8 Å². The van der Waals surface area contributed by atoms with Crippen molar-refractivity contribution in [3.05, 3.63) is 35.9 Å². The maximum Gasteiger partial charge on any atom is 0.410 e. The molecule has 2 amide bonds. The van der Waals surface area contributed by atoms with Crippen LogP contribution in [0.4, 0.5) is 4.79 Å². The van der Waals surface area contributed by atoms with Crippen LogP contribution >= 0.6 is 0 Å². The molecule has 2 N–H and O–H groups in total. The lowest BCUT2D eigenvalue weighted by atomic mass is 10.0. The largest absolute Gasteiger partial charge is 0.450 e. The van der Waals surface area contributed by atoms with Crippen molar-refractivity contribution in [1.29, 1.82) is 0 Å². The number of nitrogens with one attached hydrogen (secondary N) is 2. The summed E-state index contributed by atoms with van der Waals surface area (Å²) in [6, 6.07) is 10.2. The fraction of sp³-hybridized carbons (Fsp3) is 0.556. The second-order valence-electron chi connectivity index (χ2n) is 6.23. The Morgan fingerprint density at radius 3 is 2.54 bits per heavy atom. The van der Waals surface area contributed by atoms with Crippen LogP contribution in [0.25, 0.3) is 0 Å². The van der Waals surface area contributed by atoms with Crippen LogP contribution in [0, 0.1) is 0 Å². The van der Waals surface area contributed by atoms with Gasteiger partial charge in [-0.2, -0.15) is 0 Å². The molecule has 1 fully saturated rings. The summed E-state index contributed by atoms with van der Waals surface area (Å²) in [5, 5.41) is 3.02. The maximum absolute atomic E-state index is 12.1. The second kappa shape index (κ2) is 9.27. The standard InChI is InChI=1S/C18H27N3O3/c1-3-24-18(23)21-11-9-20(10-12-21)14-17(22)19-13-15(2)16-7-5-4-6-8-16/h4-8,15H,3,9-14H2,1-2H3,(H,19,22)/p+1/t15-/m0/s1. The molecule has 1 aliphatic rings. The van der Waals surface area contributed by atoms with Crippen LogP contribution in [-0.2, 0) is 9.53 Å². The lowest BCUT2D eigenvalue weighted by Crippen LogP contribution is -3.15. The van der Waals surface area contributed by atoms with Crippen molar-refractivity contribution in [2.75, 3.05) is 45.9 Å². The third-order valence-corrected chi connectivity index (χ3v) is 4.38. The molecule has 0 aliphatic carbocycles. The summed E-state index contributed by atoms with van der Waals surface area (Å²) in [6.45, 7) is 8.25. The van der Waals surface area contributed by atoms with Crippen molar-refractivity contribution in [3.8, 4) is 0 Å². The summed E-state index contributed by atoms with van der Waals surface area (Å²) >= 11 is 0. The quantitative estimate of drug-likeness (QED) is 0.785. The fourth-order valence-electron chi connectivity index (χ4n) is 2.85. The third kappa shape index (κ3) is 5.53. The first kappa shape index (κ1) is 18.3. The number of quaternary nitrogens is 1. The maximum atomic E-state index is 12.1. The molecule has 1 aromatic carbocycles. The van der Waals surface area contributed by atoms with Crippen molar-refractivity contribution in [2.24, 2.45) is 0 Å². The average molecular weight is 334 g/mol. The molecule has 0 bridgehead atoms. The molecule has 1 saturated heterocycles. The molecule has 6 nitrogen and oxygen atoms in total. The number of carbonyl (C=O) groups is 2. The number of amides is 2. The molecule has 0 aromatic heterocycles. The Kier molecular flexibility index (Phi) is 7.06. The zero-order chi connectivity index (χ0) is 17.4. The summed E-state index contributed by atoms with van der Waals surface area (Å²) in [6.07, 6.45) is -0.252. The third-order valence-electron chi connectivity index (χ3n) is 4.38. The minimum absolute atomic E-state index is 0.0670. The predicted octanol–water partition coefficient (Wildman–Crippen LogP) is 0.263. The second-order valence-corrected chi connectivity index (χ2v) is 6.23. The van der Waals surface area contributed by atoms with Gasteiger partial charge in [0.25, 0.3) is 5.91 Å². The highest BCUT2D eigenvalue weighted by molar-refractivity contribution is 5.76. The van der Waals surface area contributed by atoms with Crippen molar-refractivity contribution in [3.63, 3.8) is 0 Å². The molecular weight excluding hydrogens is 306 g/mol. The van der Waals surface area contributed by atoms with Gasteiger partial charge >= 0.3 is 6.09 Å². The molecule has 0 radical (unpaired) electrons. The molecule has 2 rings (SSSR count). The number of benzene rings is 1. The van der Waals surface area contributed by atoms with Crippen molar-refractivity contribution < 1.29 is 19.2 Å². The van der Waals surface area contributed by atoms with E-state index in [-0.39, 0.29) is 12.0 Å².